The molecule has 1 atom stereocenters. The van der Waals surface area contributed by atoms with E-state index >= 15 is 0 Å². The summed E-state index contributed by atoms with van der Waals surface area (Å²) in [5.74, 6) is 0.601. The Morgan fingerprint density at radius 3 is 2.42 bits per heavy atom. The van der Waals surface area contributed by atoms with Crippen molar-refractivity contribution in [1.82, 2.24) is 20.2 Å². The first kappa shape index (κ1) is 26.5. The van der Waals surface area contributed by atoms with Crippen LogP contribution in [0.2, 0.25) is 10.0 Å². The third kappa shape index (κ3) is 5.70. The summed E-state index contributed by atoms with van der Waals surface area (Å²) >= 11 is 12.4. The Bertz CT molecular complexity index is 1240. The smallest absolute Gasteiger partial charge is 0.373 e. The molecule has 0 bridgehead atoms. The van der Waals surface area contributed by atoms with Crippen LogP contribution in [0, 0.1) is 5.41 Å². The lowest BCUT2D eigenvalue weighted by molar-refractivity contribution is -0.137. The van der Waals surface area contributed by atoms with Gasteiger partial charge in [0.05, 0.1) is 17.1 Å². The highest BCUT2D eigenvalue weighted by Crippen LogP contribution is 2.44. The van der Waals surface area contributed by atoms with Crippen LogP contribution in [-0.2, 0) is 11.7 Å². The van der Waals surface area contributed by atoms with Gasteiger partial charge in [0.15, 0.2) is 5.82 Å². The topological polar surface area (TPSA) is 55.6 Å². The van der Waals surface area contributed by atoms with Gasteiger partial charge in [0.25, 0.3) is 0 Å². The highest BCUT2D eigenvalue weighted by molar-refractivity contribution is 6.35. The maximum absolute atomic E-state index is 13.3. The van der Waals surface area contributed by atoms with Crippen LogP contribution in [-0.4, -0.2) is 20.2 Å². The summed E-state index contributed by atoms with van der Waals surface area (Å²) in [5, 5.41) is 17.2. The Morgan fingerprint density at radius 1 is 1.06 bits per heavy atom. The average Bonchev–Trinajstić information content (AvgIpc) is 3.44. The molecule has 4 rings (SSSR count). The molecule has 0 aliphatic heterocycles. The Hall–Kier alpha value is -2.58. The molecule has 1 unspecified atom stereocenters. The Kier molecular flexibility index (Phi) is 7.40. The largest absolute Gasteiger partial charge is 0.416 e. The minimum Gasteiger partial charge on any atom is -0.373 e. The summed E-state index contributed by atoms with van der Waals surface area (Å²) in [4.78, 5) is 0. The highest BCUT2D eigenvalue weighted by atomic mass is 35.5. The van der Waals surface area contributed by atoms with E-state index in [0.717, 1.165) is 30.5 Å². The third-order valence-corrected chi connectivity index (χ3v) is 7.09. The number of nitrogens with zero attached hydrogens (tertiary/aromatic N) is 4. The van der Waals surface area contributed by atoms with Crippen molar-refractivity contribution in [3.05, 3.63) is 75.5 Å². The second-order valence-electron chi connectivity index (χ2n) is 10.3. The standard InChI is InChI=1S/C26H28Cl2F3N5/c1-24(2,3)22(12-10-17-9-11-19(27)16-21(17)28)36-23(33-34-35-36)25(13-4-5-14-25)32-20-8-6-7-18(15-20)26(29,30)31/h6-12,15-16,22,32H,4-5,13-14H2,1-3H3. The van der Waals surface area contributed by atoms with Crippen LogP contribution in [0.15, 0.2) is 48.5 Å². The van der Waals surface area contributed by atoms with E-state index in [4.69, 9.17) is 23.2 Å². The van der Waals surface area contributed by atoms with Crippen LogP contribution in [0.4, 0.5) is 18.9 Å². The Labute approximate surface area is 218 Å². The minimum atomic E-state index is -4.42. The number of nitrogens with one attached hydrogen (secondary N) is 1. The molecule has 1 saturated carbocycles. The molecule has 1 aromatic heterocycles. The zero-order chi connectivity index (χ0) is 26.1. The van der Waals surface area contributed by atoms with Gasteiger partial charge in [0.1, 0.15) is 0 Å². The number of rotatable bonds is 6. The first-order valence-electron chi connectivity index (χ1n) is 11.8. The molecule has 0 radical (unpaired) electrons. The van der Waals surface area contributed by atoms with Crippen LogP contribution in [0.1, 0.15) is 69.4 Å². The molecular formula is C26H28Cl2F3N5. The lowest BCUT2D eigenvalue weighted by Crippen LogP contribution is -2.38. The van der Waals surface area contributed by atoms with E-state index in [1.165, 1.54) is 6.07 Å². The monoisotopic (exact) mass is 537 g/mol. The molecular weight excluding hydrogens is 510 g/mol. The molecule has 3 aromatic rings. The predicted octanol–water partition coefficient (Wildman–Crippen LogP) is 8.18. The molecule has 2 aromatic carbocycles. The van der Waals surface area contributed by atoms with Crippen LogP contribution >= 0.6 is 23.2 Å². The molecule has 0 amide bonds. The van der Waals surface area contributed by atoms with Crippen molar-refractivity contribution >= 4 is 35.0 Å². The molecule has 1 fully saturated rings. The summed E-state index contributed by atoms with van der Waals surface area (Å²) in [6.07, 6.45) is 2.72. The molecule has 0 saturated heterocycles. The van der Waals surface area contributed by atoms with Gasteiger partial charge in [-0.15, -0.1) is 5.10 Å². The first-order chi connectivity index (χ1) is 16.9. The molecule has 5 nitrogen and oxygen atoms in total. The fraction of sp³-hybridized carbons (Fsp3) is 0.423. The van der Waals surface area contributed by atoms with E-state index in [0.29, 0.717) is 34.4 Å². The number of tetrazole rings is 1. The van der Waals surface area contributed by atoms with Crippen molar-refractivity contribution in [3.63, 3.8) is 0 Å². The van der Waals surface area contributed by atoms with Gasteiger partial charge in [0, 0.05) is 15.7 Å². The molecule has 1 aliphatic carbocycles. The number of hydrogen-bond acceptors (Lipinski definition) is 4. The fourth-order valence-electron chi connectivity index (χ4n) is 4.70. The van der Waals surface area contributed by atoms with Gasteiger partial charge < -0.3 is 5.32 Å². The highest BCUT2D eigenvalue weighted by Gasteiger charge is 2.43. The maximum atomic E-state index is 13.3. The summed E-state index contributed by atoms with van der Waals surface area (Å²) in [6, 6.07) is 10.3. The van der Waals surface area contributed by atoms with E-state index in [2.05, 4.69) is 41.6 Å². The average molecular weight is 538 g/mol. The first-order valence-corrected chi connectivity index (χ1v) is 12.5. The SMILES string of the molecule is CC(C)(C)C(C=Cc1ccc(Cl)cc1Cl)n1nnnc1C1(Nc2cccc(C(F)(F)F)c2)CCCC1. The van der Waals surface area contributed by atoms with Gasteiger partial charge in [-0.25, -0.2) is 4.68 Å². The number of benzene rings is 2. The molecule has 192 valence electrons. The lowest BCUT2D eigenvalue weighted by Gasteiger charge is -2.35. The lowest BCUT2D eigenvalue weighted by atomic mass is 9.85. The summed E-state index contributed by atoms with van der Waals surface area (Å²) in [7, 11) is 0. The van der Waals surface area contributed by atoms with Crippen molar-refractivity contribution in [2.45, 2.75) is 64.2 Å². The predicted molar refractivity (Wildman–Crippen MR) is 137 cm³/mol. The molecule has 10 heteroatoms. The van der Waals surface area contributed by atoms with Crippen molar-refractivity contribution in [2.24, 2.45) is 5.41 Å². The number of hydrogen-bond donors (Lipinski definition) is 1. The molecule has 1 aliphatic rings. The van der Waals surface area contributed by atoms with Gasteiger partial charge >= 0.3 is 6.18 Å². The van der Waals surface area contributed by atoms with Gasteiger partial charge in [-0.05, 0) is 64.6 Å². The van der Waals surface area contributed by atoms with E-state index in [-0.39, 0.29) is 11.5 Å². The summed E-state index contributed by atoms with van der Waals surface area (Å²) < 4.78 is 41.8. The summed E-state index contributed by atoms with van der Waals surface area (Å²) in [5.41, 5.74) is -0.478. The Balaban J connectivity index is 1.73. The zero-order valence-electron chi connectivity index (χ0n) is 20.3. The second-order valence-corrected chi connectivity index (χ2v) is 11.1. The van der Waals surface area contributed by atoms with Crippen LogP contribution in [0.3, 0.4) is 0 Å². The second kappa shape index (κ2) is 10.1. The normalized spacial score (nSPS) is 17.0. The number of alkyl halides is 3. The van der Waals surface area contributed by atoms with Crippen molar-refractivity contribution in [1.29, 1.82) is 0 Å². The van der Waals surface area contributed by atoms with Gasteiger partial charge in [-0.1, -0.05) is 81.1 Å². The minimum absolute atomic E-state index is 0.255. The van der Waals surface area contributed by atoms with Crippen LogP contribution < -0.4 is 5.32 Å². The fourth-order valence-corrected chi connectivity index (χ4v) is 5.17. The molecule has 1 N–H and O–H groups in total. The van der Waals surface area contributed by atoms with E-state index in [1.54, 1.807) is 22.9 Å². The number of anilines is 1. The van der Waals surface area contributed by atoms with Crippen LogP contribution in [0.5, 0.6) is 0 Å². The quantitative estimate of drug-likeness (QED) is 0.344. The molecule has 36 heavy (non-hydrogen) atoms. The van der Waals surface area contributed by atoms with E-state index in [9.17, 15) is 13.2 Å². The van der Waals surface area contributed by atoms with Gasteiger partial charge in [0.2, 0.25) is 0 Å². The maximum Gasteiger partial charge on any atom is 0.416 e. The Morgan fingerprint density at radius 2 is 1.78 bits per heavy atom. The summed E-state index contributed by atoms with van der Waals surface area (Å²) in [6.45, 7) is 6.25. The third-order valence-electron chi connectivity index (χ3n) is 6.52. The zero-order valence-corrected chi connectivity index (χ0v) is 21.8. The van der Waals surface area contributed by atoms with Gasteiger partial charge in [-0.2, -0.15) is 13.2 Å². The van der Waals surface area contributed by atoms with Crippen LogP contribution in [0.25, 0.3) is 6.08 Å². The van der Waals surface area contributed by atoms with Crippen molar-refractivity contribution in [2.75, 3.05) is 5.32 Å². The van der Waals surface area contributed by atoms with Crippen molar-refractivity contribution in [3.8, 4) is 0 Å². The number of halogens is 5. The number of aromatic nitrogens is 4. The van der Waals surface area contributed by atoms with E-state index in [1.807, 2.05) is 18.2 Å². The number of allylic oxidation sites excluding steroid dienone is 1. The van der Waals surface area contributed by atoms with Gasteiger partial charge in [-0.3, -0.25) is 0 Å². The molecule has 0 spiro atoms. The molecule has 1 heterocycles. The van der Waals surface area contributed by atoms with E-state index < -0.39 is 17.3 Å². The van der Waals surface area contributed by atoms with Crippen molar-refractivity contribution < 1.29 is 13.2 Å².